The second kappa shape index (κ2) is 6.45. The summed E-state index contributed by atoms with van der Waals surface area (Å²) < 4.78 is 12.8. The predicted molar refractivity (Wildman–Crippen MR) is 91.4 cm³/mol. The molecule has 7 nitrogen and oxygen atoms in total. The van der Waals surface area contributed by atoms with Crippen molar-refractivity contribution in [3.63, 3.8) is 0 Å². The number of ether oxygens (including phenoxy) is 2. The Bertz CT molecular complexity index is 914. The zero-order valence-electron chi connectivity index (χ0n) is 12.9. The highest BCUT2D eigenvalue weighted by Gasteiger charge is 2.28. The molecule has 1 aliphatic rings. The summed E-state index contributed by atoms with van der Waals surface area (Å²) in [5.74, 6) is 0.826. The molecule has 0 aliphatic carbocycles. The van der Waals surface area contributed by atoms with E-state index >= 15 is 0 Å². The van der Waals surface area contributed by atoms with Crippen molar-refractivity contribution in [3.05, 3.63) is 60.1 Å². The summed E-state index contributed by atoms with van der Waals surface area (Å²) in [6.45, 7) is 0.127. The Morgan fingerprint density at radius 1 is 1.24 bits per heavy atom. The van der Waals surface area contributed by atoms with E-state index in [-0.39, 0.29) is 12.5 Å². The summed E-state index contributed by atoms with van der Waals surface area (Å²) in [6, 6.07) is 12.3. The van der Waals surface area contributed by atoms with Crippen LogP contribution in [0.5, 0.6) is 11.5 Å². The molecule has 4 rings (SSSR count). The van der Waals surface area contributed by atoms with Gasteiger partial charge in [0.05, 0.1) is 11.4 Å². The Kier molecular flexibility index (Phi) is 3.99. The van der Waals surface area contributed by atoms with E-state index in [2.05, 4.69) is 15.4 Å². The minimum atomic E-state index is -0.766. The van der Waals surface area contributed by atoms with Gasteiger partial charge in [0.1, 0.15) is 19.3 Å². The van der Waals surface area contributed by atoms with Crippen LogP contribution in [0.2, 0.25) is 5.02 Å². The maximum absolute atomic E-state index is 12.6. The number of halogens is 1. The minimum absolute atomic E-state index is 0.127. The molecule has 3 aromatic rings. The van der Waals surface area contributed by atoms with Crippen LogP contribution in [0.15, 0.2) is 55.1 Å². The van der Waals surface area contributed by atoms with Gasteiger partial charge < -0.3 is 14.8 Å². The van der Waals surface area contributed by atoms with E-state index in [0.29, 0.717) is 27.9 Å². The third-order valence-corrected chi connectivity index (χ3v) is 3.92. The molecule has 0 bridgehead atoms. The van der Waals surface area contributed by atoms with Crippen molar-refractivity contribution in [1.82, 2.24) is 14.8 Å². The van der Waals surface area contributed by atoms with Gasteiger partial charge in [-0.2, -0.15) is 5.10 Å². The van der Waals surface area contributed by atoms with Crippen molar-refractivity contribution in [2.45, 2.75) is 6.10 Å². The van der Waals surface area contributed by atoms with Crippen molar-refractivity contribution in [3.8, 4) is 17.2 Å². The van der Waals surface area contributed by atoms with Crippen molar-refractivity contribution in [2.75, 3.05) is 11.9 Å². The Morgan fingerprint density at radius 2 is 2.08 bits per heavy atom. The van der Waals surface area contributed by atoms with E-state index < -0.39 is 6.10 Å². The highest BCUT2D eigenvalue weighted by molar-refractivity contribution is 6.31. The van der Waals surface area contributed by atoms with Crippen LogP contribution in [0.3, 0.4) is 0 Å². The number of nitrogens with one attached hydrogen (secondary N) is 1. The van der Waals surface area contributed by atoms with Gasteiger partial charge in [-0.25, -0.2) is 9.67 Å². The Labute approximate surface area is 148 Å². The average Bonchev–Trinajstić information content (AvgIpc) is 3.16. The molecular formula is C17H13ClN4O3. The molecule has 1 aliphatic heterocycles. The molecule has 2 heterocycles. The third kappa shape index (κ3) is 3.14. The van der Waals surface area contributed by atoms with Gasteiger partial charge in [-0.1, -0.05) is 23.7 Å². The van der Waals surface area contributed by atoms with E-state index in [0.717, 1.165) is 0 Å². The number of para-hydroxylation sites is 2. The Morgan fingerprint density at radius 3 is 2.88 bits per heavy atom. The van der Waals surface area contributed by atoms with Crippen LogP contribution >= 0.6 is 11.6 Å². The lowest BCUT2D eigenvalue weighted by atomic mass is 10.2. The van der Waals surface area contributed by atoms with E-state index in [9.17, 15) is 4.79 Å². The highest BCUT2D eigenvalue weighted by Crippen LogP contribution is 2.31. The van der Waals surface area contributed by atoms with Gasteiger partial charge in [-0.05, 0) is 30.3 Å². The van der Waals surface area contributed by atoms with Crippen LogP contribution in [0.25, 0.3) is 5.69 Å². The van der Waals surface area contributed by atoms with Gasteiger partial charge in [0, 0.05) is 5.02 Å². The van der Waals surface area contributed by atoms with Crippen LogP contribution in [0.4, 0.5) is 5.69 Å². The molecule has 25 heavy (non-hydrogen) atoms. The predicted octanol–water partition coefficient (Wildman–Crippen LogP) is 2.70. The zero-order chi connectivity index (χ0) is 17.2. The fourth-order valence-electron chi connectivity index (χ4n) is 2.50. The number of hydrogen-bond donors (Lipinski definition) is 1. The van der Waals surface area contributed by atoms with Crippen molar-refractivity contribution in [1.29, 1.82) is 0 Å². The number of amides is 1. The molecule has 0 fully saturated rings. The van der Waals surface area contributed by atoms with E-state index in [1.807, 2.05) is 12.1 Å². The minimum Gasteiger partial charge on any atom is -0.485 e. The molecule has 0 radical (unpaired) electrons. The smallest absolute Gasteiger partial charge is 0.269 e. The number of rotatable bonds is 3. The number of fused-ring (bicyclic) bond motifs is 1. The fraction of sp³-hybridized carbons (Fsp3) is 0.118. The molecule has 0 spiro atoms. The van der Waals surface area contributed by atoms with Crippen molar-refractivity contribution >= 4 is 23.2 Å². The molecule has 1 unspecified atom stereocenters. The maximum Gasteiger partial charge on any atom is 0.269 e. The molecule has 1 amide bonds. The number of hydrogen-bond acceptors (Lipinski definition) is 5. The van der Waals surface area contributed by atoms with E-state index in [1.54, 1.807) is 35.0 Å². The number of carbonyl (C=O) groups excluding carboxylic acids is 1. The molecule has 0 saturated carbocycles. The van der Waals surface area contributed by atoms with Gasteiger partial charge in [-0.15, -0.1) is 0 Å². The summed E-state index contributed by atoms with van der Waals surface area (Å²) in [6.07, 6.45) is 2.18. The molecule has 2 aromatic carbocycles. The second-order valence-corrected chi connectivity index (χ2v) is 5.79. The first-order valence-electron chi connectivity index (χ1n) is 7.54. The molecule has 1 atom stereocenters. The van der Waals surface area contributed by atoms with Crippen LogP contribution in [0, 0.1) is 0 Å². The van der Waals surface area contributed by atoms with Crippen molar-refractivity contribution < 1.29 is 14.3 Å². The number of nitrogens with zero attached hydrogens (tertiary/aromatic N) is 3. The molecular weight excluding hydrogens is 344 g/mol. The number of benzene rings is 2. The van der Waals surface area contributed by atoms with Gasteiger partial charge in [-0.3, -0.25) is 4.79 Å². The van der Waals surface area contributed by atoms with Crippen LogP contribution in [-0.2, 0) is 4.79 Å². The molecule has 1 aromatic heterocycles. The first-order chi connectivity index (χ1) is 12.2. The average molecular weight is 357 g/mol. The maximum atomic E-state index is 12.6. The van der Waals surface area contributed by atoms with E-state index in [1.165, 1.54) is 12.7 Å². The summed E-state index contributed by atoms with van der Waals surface area (Å²) in [7, 11) is 0. The van der Waals surface area contributed by atoms with Crippen LogP contribution < -0.4 is 14.8 Å². The molecule has 1 N–H and O–H groups in total. The standard InChI is InChI=1S/C17H13ClN4O3/c18-11-5-6-13(22-10-19-9-20-22)12(7-11)21-17(23)16-8-24-14-3-1-2-4-15(14)25-16/h1-7,9-10,16H,8H2,(H,21,23). The van der Waals surface area contributed by atoms with Crippen molar-refractivity contribution in [2.24, 2.45) is 0 Å². The Hall–Kier alpha value is -3.06. The third-order valence-electron chi connectivity index (χ3n) is 3.68. The topological polar surface area (TPSA) is 78.3 Å². The first-order valence-corrected chi connectivity index (χ1v) is 7.92. The van der Waals surface area contributed by atoms with Crippen LogP contribution in [-0.4, -0.2) is 33.4 Å². The summed E-state index contributed by atoms with van der Waals surface area (Å²) in [5.41, 5.74) is 1.15. The summed E-state index contributed by atoms with van der Waals surface area (Å²) >= 11 is 6.06. The molecule has 126 valence electrons. The van der Waals surface area contributed by atoms with Gasteiger partial charge in [0.25, 0.3) is 5.91 Å². The molecule has 0 saturated heterocycles. The normalized spacial score (nSPS) is 15.6. The summed E-state index contributed by atoms with van der Waals surface area (Å²) in [5, 5.41) is 7.40. The van der Waals surface area contributed by atoms with Gasteiger partial charge in [0.15, 0.2) is 11.5 Å². The first kappa shape index (κ1) is 15.5. The van der Waals surface area contributed by atoms with Gasteiger partial charge >= 0.3 is 0 Å². The number of aromatic nitrogens is 3. The lowest BCUT2D eigenvalue weighted by molar-refractivity contribution is -0.125. The second-order valence-electron chi connectivity index (χ2n) is 5.36. The van der Waals surface area contributed by atoms with Crippen LogP contribution in [0.1, 0.15) is 0 Å². The lowest BCUT2D eigenvalue weighted by Crippen LogP contribution is -2.40. The lowest BCUT2D eigenvalue weighted by Gasteiger charge is -2.25. The monoisotopic (exact) mass is 356 g/mol. The number of carbonyl (C=O) groups is 1. The molecule has 8 heteroatoms. The zero-order valence-corrected chi connectivity index (χ0v) is 13.7. The SMILES string of the molecule is O=C(Nc1cc(Cl)ccc1-n1cncn1)C1COc2ccccc2O1. The van der Waals surface area contributed by atoms with Gasteiger partial charge in [0.2, 0.25) is 6.10 Å². The fourth-order valence-corrected chi connectivity index (χ4v) is 2.67. The highest BCUT2D eigenvalue weighted by atomic mass is 35.5. The summed E-state index contributed by atoms with van der Waals surface area (Å²) in [4.78, 5) is 16.5. The number of anilines is 1. The largest absolute Gasteiger partial charge is 0.485 e. The van der Waals surface area contributed by atoms with E-state index in [4.69, 9.17) is 21.1 Å². The Balaban J connectivity index is 1.57. The quantitative estimate of drug-likeness (QED) is 0.780.